The van der Waals surface area contributed by atoms with Crippen molar-refractivity contribution in [1.29, 1.82) is 0 Å². The van der Waals surface area contributed by atoms with Crippen LogP contribution in [0.15, 0.2) is 30.3 Å². The van der Waals surface area contributed by atoms with Crippen LogP contribution < -0.4 is 5.32 Å². The summed E-state index contributed by atoms with van der Waals surface area (Å²) in [4.78, 5) is 14.3. The average Bonchev–Trinajstić information content (AvgIpc) is 2.53. The first-order valence-electron chi connectivity index (χ1n) is 7.99. The van der Waals surface area contributed by atoms with Crippen molar-refractivity contribution in [3.05, 3.63) is 35.9 Å². The summed E-state index contributed by atoms with van der Waals surface area (Å²) in [6.07, 6.45) is 3.16. The van der Waals surface area contributed by atoms with Crippen molar-refractivity contribution >= 4 is 15.7 Å². The van der Waals surface area contributed by atoms with Crippen molar-refractivity contribution < 1.29 is 13.2 Å². The fraction of sp³-hybridized carbons (Fsp3) is 0.588. The van der Waals surface area contributed by atoms with E-state index < -0.39 is 9.84 Å². The first-order valence-corrected chi connectivity index (χ1v) is 10.1. The van der Waals surface area contributed by atoms with Gasteiger partial charge in [0.25, 0.3) is 0 Å². The molecular formula is C17H26N2O3S. The molecule has 2 rings (SSSR count). The van der Waals surface area contributed by atoms with Crippen LogP contribution in [0.1, 0.15) is 24.8 Å². The normalized spacial score (nSPS) is 18.5. The zero-order valence-electron chi connectivity index (χ0n) is 13.9. The summed E-state index contributed by atoms with van der Waals surface area (Å²) in [6, 6.07) is 10.3. The van der Waals surface area contributed by atoms with Crippen LogP contribution in [0, 0.1) is 0 Å². The van der Waals surface area contributed by atoms with Crippen molar-refractivity contribution in [1.82, 2.24) is 10.2 Å². The van der Waals surface area contributed by atoms with E-state index in [0.717, 1.165) is 32.2 Å². The number of likely N-dealkylation sites (tertiary alicyclic amines) is 1. The second-order valence-electron chi connectivity index (χ2n) is 6.61. The highest BCUT2D eigenvalue weighted by molar-refractivity contribution is 7.90. The Labute approximate surface area is 139 Å². The van der Waals surface area contributed by atoms with E-state index in [4.69, 9.17) is 0 Å². The van der Waals surface area contributed by atoms with Gasteiger partial charge in [-0.2, -0.15) is 0 Å². The van der Waals surface area contributed by atoms with Crippen molar-refractivity contribution in [3.63, 3.8) is 0 Å². The number of sulfone groups is 1. The largest absolute Gasteiger partial charge is 0.355 e. The van der Waals surface area contributed by atoms with Gasteiger partial charge in [0.05, 0.1) is 5.75 Å². The van der Waals surface area contributed by atoms with E-state index in [1.807, 2.05) is 18.2 Å². The molecule has 0 unspecified atom stereocenters. The van der Waals surface area contributed by atoms with Crippen molar-refractivity contribution in [2.24, 2.45) is 0 Å². The highest BCUT2D eigenvalue weighted by Gasteiger charge is 2.35. The van der Waals surface area contributed by atoms with E-state index in [0.29, 0.717) is 6.54 Å². The van der Waals surface area contributed by atoms with Crippen molar-refractivity contribution in [2.45, 2.75) is 24.7 Å². The summed E-state index contributed by atoms with van der Waals surface area (Å²) < 4.78 is 22.4. The van der Waals surface area contributed by atoms with Crippen LogP contribution in [0.25, 0.3) is 0 Å². The van der Waals surface area contributed by atoms with E-state index in [1.54, 1.807) is 0 Å². The topological polar surface area (TPSA) is 66.5 Å². The van der Waals surface area contributed by atoms with Gasteiger partial charge >= 0.3 is 0 Å². The molecule has 0 aromatic heterocycles. The molecule has 0 aliphatic carbocycles. The van der Waals surface area contributed by atoms with Crippen LogP contribution in [0.4, 0.5) is 0 Å². The Bertz CT molecular complexity index is 620. The number of carbonyl (C=O) groups excluding carboxylic acids is 1. The molecular weight excluding hydrogens is 312 g/mol. The number of nitrogens with one attached hydrogen (secondary N) is 1. The molecule has 0 spiro atoms. The van der Waals surface area contributed by atoms with Gasteiger partial charge in [-0.05, 0) is 38.5 Å². The van der Waals surface area contributed by atoms with E-state index in [2.05, 4.69) is 29.4 Å². The summed E-state index contributed by atoms with van der Waals surface area (Å²) in [5, 5.41) is 2.96. The maximum Gasteiger partial charge on any atom is 0.221 e. The SMILES string of the molecule is CN1CCC(CNC(=O)CCS(C)(=O)=O)(c2ccccc2)CC1. The molecule has 1 aliphatic heterocycles. The van der Waals surface area contributed by atoms with Gasteiger partial charge in [-0.25, -0.2) is 8.42 Å². The fourth-order valence-electron chi connectivity index (χ4n) is 3.04. The van der Waals surface area contributed by atoms with Gasteiger partial charge in [-0.15, -0.1) is 0 Å². The standard InChI is InChI=1S/C17H26N2O3S/c1-19-11-9-17(10-12-19,15-6-4-3-5-7-15)14-18-16(20)8-13-23(2,21)22/h3-7H,8-14H2,1-2H3,(H,18,20). The predicted octanol–water partition coefficient (Wildman–Crippen LogP) is 1.20. The molecule has 6 heteroatoms. The Kier molecular flexibility index (Phi) is 5.81. The molecule has 1 fully saturated rings. The second-order valence-corrected chi connectivity index (χ2v) is 8.87. The van der Waals surface area contributed by atoms with Crippen molar-refractivity contribution in [2.75, 3.05) is 38.7 Å². The Morgan fingerprint density at radius 2 is 1.83 bits per heavy atom. The lowest BCUT2D eigenvalue weighted by Gasteiger charge is -2.41. The predicted molar refractivity (Wildman–Crippen MR) is 92.2 cm³/mol. The number of carbonyl (C=O) groups is 1. The number of rotatable bonds is 6. The molecule has 1 saturated heterocycles. The molecule has 1 amide bonds. The Hall–Kier alpha value is -1.40. The number of hydrogen-bond donors (Lipinski definition) is 1. The zero-order chi connectivity index (χ0) is 16.9. The molecule has 1 N–H and O–H groups in total. The summed E-state index contributed by atoms with van der Waals surface area (Å²) in [6.45, 7) is 2.55. The molecule has 0 atom stereocenters. The molecule has 5 nitrogen and oxygen atoms in total. The lowest BCUT2D eigenvalue weighted by atomic mass is 9.72. The third-order valence-corrected chi connectivity index (χ3v) is 5.60. The number of hydrogen-bond acceptors (Lipinski definition) is 4. The molecule has 128 valence electrons. The number of amides is 1. The second kappa shape index (κ2) is 7.45. The van der Waals surface area contributed by atoms with Gasteiger partial charge in [0.15, 0.2) is 0 Å². The summed E-state index contributed by atoms with van der Waals surface area (Å²) >= 11 is 0. The first-order chi connectivity index (χ1) is 10.8. The minimum absolute atomic E-state index is 0.0314. The summed E-state index contributed by atoms with van der Waals surface area (Å²) in [5.41, 5.74) is 1.19. The third-order valence-electron chi connectivity index (χ3n) is 4.65. The molecule has 1 heterocycles. The molecule has 1 aromatic carbocycles. The molecule has 0 radical (unpaired) electrons. The highest BCUT2D eigenvalue weighted by atomic mass is 32.2. The number of benzene rings is 1. The molecule has 23 heavy (non-hydrogen) atoms. The van der Waals surface area contributed by atoms with Crippen LogP contribution in [-0.2, 0) is 20.0 Å². The Morgan fingerprint density at radius 1 is 1.22 bits per heavy atom. The maximum atomic E-state index is 12.0. The Morgan fingerprint density at radius 3 is 2.39 bits per heavy atom. The van der Waals surface area contributed by atoms with E-state index >= 15 is 0 Å². The zero-order valence-corrected chi connectivity index (χ0v) is 14.7. The lowest BCUT2D eigenvalue weighted by molar-refractivity contribution is -0.121. The quantitative estimate of drug-likeness (QED) is 0.846. The first kappa shape index (κ1) is 17.9. The summed E-state index contributed by atoms with van der Waals surface area (Å²) in [7, 11) is -0.994. The third kappa shape index (κ3) is 5.32. The van der Waals surface area contributed by atoms with E-state index in [1.165, 1.54) is 5.56 Å². The molecule has 0 saturated carbocycles. The van der Waals surface area contributed by atoms with Gasteiger partial charge in [0, 0.05) is 24.6 Å². The van der Waals surface area contributed by atoms with Crippen LogP contribution >= 0.6 is 0 Å². The molecule has 0 bridgehead atoms. The fourth-order valence-corrected chi connectivity index (χ4v) is 3.60. The van der Waals surface area contributed by atoms with Gasteiger partial charge < -0.3 is 10.2 Å². The molecule has 1 aromatic rings. The molecule has 1 aliphatic rings. The number of piperidine rings is 1. The van der Waals surface area contributed by atoms with Crippen LogP contribution in [0.3, 0.4) is 0 Å². The number of nitrogens with zero attached hydrogens (tertiary/aromatic N) is 1. The van der Waals surface area contributed by atoms with Gasteiger partial charge in [0.2, 0.25) is 5.91 Å². The van der Waals surface area contributed by atoms with Crippen LogP contribution in [0.5, 0.6) is 0 Å². The lowest BCUT2D eigenvalue weighted by Crippen LogP contribution is -2.48. The van der Waals surface area contributed by atoms with Gasteiger partial charge in [0.1, 0.15) is 9.84 Å². The minimum atomic E-state index is -3.10. The average molecular weight is 338 g/mol. The van der Waals surface area contributed by atoms with Gasteiger partial charge in [-0.1, -0.05) is 30.3 Å². The van der Waals surface area contributed by atoms with E-state index in [9.17, 15) is 13.2 Å². The van der Waals surface area contributed by atoms with Crippen LogP contribution in [-0.4, -0.2) is 57.9 Å². The minimum Gasteiger partial charge on any atom is -0.355 e. The summed E-state index contributed by atoms with van der Waals surface area (Å²) in [5.74, 6) is -0.287. The van der Waals surface area contributed by atoms with Crippen LogP contribution in [0.2, 0.25) is 0 Å². The monoisotopic (exact) mass is 338 g/mol. The van der Waals surface area contributed by atoms with Gasteiger partial charge in [-0.3, -0.25) is 4.79 Å². The Balaban J connectivity index is 2.03. The highest BCUT2D eigenvalue weighted by Crippen LogP contribution is 2.34. The van der Waals surface area contributed by atoms with Crippen molar-refractivity contribution in [3.8, 4) is 0 Å². The van der Waals surface area contributed by atoms with E-state index in [-0.39, 0.29) is 23.5 Å². The maximum absolute atomic E-state index is 12.0. The smallest absolute Gasteiger partial charge is 0.221 e.